The number of rotatable bonds is 4. The largest absolute Gasteiger partial charge is 0.454 e. The van der Waals surface area contributed by atoms with E-state index in [2.05, 4.69) is 4.72 Å². The molecule has 0 unspecified atom stereocenters. The molecule has 0 saturated carbocycles. The number of ether oxygens (including phenoxy) is 2. The van der Waals surface area contributed by atoms with Gasteiger partial charge in [-0.2, -0.15) is 5.26 Å². The third-order valence-corrected chi connectivity index (χ3v) is 5.53. The van der Waals surface area contributed by atoms with Crippen LogP contribution in [0.3, 0.4) is 0 Å². The van der Waals surface area contributed by atoms with Gasteiger partial charge in [0, 0.05) is 12.1 Å². The molecule has 0 spiro atoms. The minimum atomic E-state index is -3.86. The van der Waals surface area contributed by atoms with Crippen molar-refractivity contribution in [2.24, 2.45) is 0 Å². The maximum absolute atomic E-state index is 12.7. The highest BCUT2D eigenvalue weighted by atomic mass is 32.2. The lowest BCUT2D eigenvalue weighted by Crippen LogP contribution is -2.13. The number of nitrogens with zero attached hydrogens (tertiary/aromatic N) is 1. The second kappa shape index (κ2) is 6.67. The second-order valence-corrected chi connectivity index (χ2v) is 7.54. The number of nitriles is 1. The van der Waals surface area contributed by atoms with Gasteiger partial charge in [0.05, 0.1) is 16.1 Å². The summed E-state index contributed by atoms with van der Waals surface area (Å²) in [5.41, 5.74) is 2.21. The predicted molar refractivity (Wildman–Crippen MR) is 100.0 cm³/mol. The van der Waals surface area contributed by atoms with E-state index in [-0.39, 0.29) is 22.9 Å². The highest BCUT2D eigenvalue weighted by Crippen LogP contribution is 2.37. The van der Waals surface area contributed by atoms with Gasteiger partial charge in [-0.1, -0.05) is 42.5 Å². The fourth-order valence-electron chi connectivity index (χ4n) is 2.78. The molecule has 0 amide bonds. The number of sulfonamides is 1. The Morgan fingerprint density at radius 2 is 1.52 bits per heavy atom. The zero-order chi connectivity index (χ0) is 18.9. The average Bonchev–Trinajstić information content (AvgIpc) is 3.15. The first kappa shape index (κ1) is 16.9. The molecule has 0 bridgehead atoms. The minimum Gasteiger partial charge on any atom is -0.454 e. The van der Waals surface area contributed by atoms with Crippen molar-refractivity contribution in [3.8, 4) is 28.7 Å². The van der Waals surface area contributed by atoms with Gasteiger partial charge in [0.1, 0.15) is 6.07 Å². The maximum atomic E-state index is 12.7. The van der Waals surface area contributed by atoms with Crippen LogP contribution in [-0.4, -0.2) is 15.2 Å². The summed E-state index contributed by atoms with van der Waals surface area (Å²) in [5, 5.41) is 9.30. The zero-order valence-electron chi connectivity index (χ0n) is 14.0. The number of hydrogen-bond donors (Lipinski definition) is 1. The second-order valence-electron chi connectivity index (χ2n) is 5.86. The summed E-state index contributed by atoms with van der Waals surface area (Å²) in [5.74, 6) is 0.813. The number of hydrogen-bond acceptors (Lipinski definition) is 5. The molecule has 0 aromatic heterocycles. The smallest absolute Gasteiger partial charge is 0.261 e. The molecule has 0 atom stereocenters. The topological polar surface area (TPSA) is 88.4 Å². The van der Waals surface area contributed by atoms with Gasteiger partial charge in [-0.05, 0) is 23.3 Å². The van der Waals surface area contributed by atoms with Gasteiger partial charge in [-0.15, -0.1) is 0 Å². The van der Waals surface area contributed by atoms with Crippen molar-refractivity contribution in [1.29, 1.82) is 5.26 Å². The van der Waals surface area contributed by atoms with Gasteiger partial charge in [-0.3, -0.25) is 4.72 Å². The average molecular weight is 378 g/mol. The van der Waals surface area contributed by atoms with Gasteiger partial charge >= 0.3 is 0 Å². The summed E-state index contributed by atoms with van der Waals surface area (Å²) in [7, 11) is -3.86. The summed E-state index contributed by atoms with van der Waals surface area (Å²) in [6.07, 6.45) is 0. The molecule has 0 fully saturated rings. The fraction of sp³-hybridized carbons (Fsp3) is 0.0500. The molecule has 4 rings (SSSR count). The van der Waals surface area contributed by atoms with Gasteiger partial charge < -0.3 is 9.47 Å². The summed E-state index contributed by atoms with van der Waals surface area (Å²) >= 11 is 0. The first-order valence-corrected chi connectivity index (χ1v) is 9.57. The van der Waals surface area contributed by atoms with E-state index in [9.17, 15) is 13.7 Å². The van der Waals surface area contributed by atoms with E-state index in [0.717, 1.165) is 11.1 Å². The first-order chi connectivity index (χ1) is 13.1. The van der Waals surface area contributed by atoms with Gasteiger partial charge in [0.15, 0.2) is 11.5 Å². The summed E-state index contributed by atoms with van der Waals surface area (Å²) < 4.78 is 38.4. The summed E-state index contributed by atoms with van der Waals surface area (Å²) in [6.45, 7) is 0.0390. The SMILES string of the molecule is N#Cc1cc2c(cc1NS(=O)(=O)c1ccc(-c3ccccc3)cc1)OCO2. The molecule has 1 N–H and O–H groups in total. The number of benzene rings is 3. The quantitative estimate of drug-likeness (QED) is 0.747. The normalized spacial score (nSPS) is 12.4. The van der Waals surface area contributed by atoms with Crippen molar-refractivity contribution >= 4 is 15.7 Å². The molecule has 134 valence electrons. The van der Waals surface area contributed by atoms with Crippen LogP contribution >= 0.6 is 0 Å². The van der Waals surface area contributed by atoms with Crippen molar-refractivity contribution in [3.05, 3.63) is 72.3 Å². The molecule has 0 saturated heterocycles. The van der Waals surface area contributed by atoms with Crippen molar-refractivity contribution < 1.29 is 17.9 Å². The third kappa shape index (κ3) is 3.30. The standard InChI is InChI=1S/C20H14N2O4S/c21-12-16-10-19-20(26-13-25-19)11-18(16)22-27(23,24)17-8-6-15(7-9-17)14-4-2-1-3-5-14/h1-11,22H,13H2. The highest BCUT2D eigenvalue weighted by Gasteiger charge is 2.21. The van der Waals surface area contributed by atoms with E-state index in [1.807, 2.05) is 36.4 Å². The van der Waals surface area contributed by atoms with Gasteiger partial charge in [0.25, 0.3) is 10.0 Å². The molecule has 7 heteroatoms. The Labute approximate surface area is 156 Å². The van der Waals surface area contributed by atoms with E-state index in [4.69, 9.17) is 9.47 Å². The van der Waals surface area contributed by atoms with E-state index in [1.165, 1.54) is 24.3 Å². The van der Waals surface area contributed by atoms with Crippen molar-refractivity contribution in [3.63, 3.8) is 0 Å². The summed E-state index contributed by atoms with van der Waals surface area (Å²) in [6, 6.07) is 21.1. The van der Waals surface area contributed by atoms with E-state index in [0.29, 0.717) is 11.5 Å². The molecule has 1 heterocycles. The van der Waals surface area contributed by atoms with Crippen molar-refractivity contribution in [1.82, 2.24) is 0 Å². The number of fused-ring (bicyclic) bond motifs is 1. The molecular weight excluding hydrogens is 364 g/mol. The van der Waals surface area contributed by atoms with Crippen molar-refractivity contribution in [2.75, 3.05) is 11.5 Å². The molecule has 27 heavy (non-hydrogen) atoms. The van der Waals surface area contributed by atoms with E-state index >= 15 is 0 Å². The van der Waals surface area contributed by atoms with E-state index in [1.54, 1.807) is 12.1 Å². The third-order valence-electron chi connectivity index (χ3n) is 4.15. The fourth-order valence-corrected chi connectivity index (χ4v) is 3.85. The Morgan fingerprint density at radius 1 is 0.889 bits per heavy atom. The molecular formula is C20H14N2O4S. The van der Waals surface area contributed by atoms with Crippen LogP contribution in [0.15, 0.2) is 71.6 Å². The Balaban J connectivity index is 1.64. The Hall–Kier alpha value is -3.50. The van der Waals surface area contributed by atoms with Crippen LogP contribution in [0.1, 0.15) is 5.56 Å². The molecule has 3 aromatic rings. The highest BCUT2D eigenvalue weighted by molar-refractivity contribution is 7.92. The summed E-state index contributed by atoms with van der Waals surface area (Å²) in [4.78, 5) is 0.101. The van der Waals surface area contributed by atoms with Crippen LogP contribution in [-0.2, 0) is 10.0 Å². The zero-order valence-corrected chi connectivity index (χ0v) is 14.9. The monoisotopic (exact) mass is 378 g/mol. The van der Waals surface area contributed by atoms with Gasteiger partial charge in [-0.25, -0.2) is 8.42 Å². The van der Waals surface area contributed by atoms with Gasteiger partial charge in [0.2, 0.25) is 6.79 Å². The Morgan fingerprint density at radius 3 is 2.19 bits per heavy atom. The molecule has 3 aromatic carbocycles. The minimum absolute atomic E-state index is 0.0390. The molecule has 1 aliphatic heterocycles. The molecule has 0 radical (unpaired) electrons. The Bertz CT molecular complexity index is 1140. The van der Waals surface area contributed by atoms with Crippen LogP contribution < -0.4 is 14.2 Å². The first-order valence-electron chi connectivity index (χ1n) is 8.09. The lowest BCUT2D eigenvalue weighted by atomic mass is 10.1. The van der Waals surface area contributed by atoms with Crippen LogP contribution in [0.2, 0.25) is 0 Å². The van der Waals surface area contributed by atoms with E-state index < -0.39 is 10.0 Å². The Kier molecular flexibility index (Phi) is 4.18. The lowest BCUT2D eigenvalue weighted by molar-refractivity contribution is 0.174. The maximum Gasteiger partial charge on any atom is 0.261 e. The molecule has 6 nitrogen and oxygen atoms in total. The van der Waals surface area contributed by atoms with Crippen LogP contribution in [0, 0.1) is 11.3 Å². The predicted octanol–water partition coefficient (Wildman–Crippen LogP) is 3.75. The lowest BCUT2D eigenvalue weighted by Gasteiger charge is -2.11. The van der Waals surface area contributed by atoms with Crippen LogP contribution in [0.5, 0.6) is 11.5 Å². The van der Waals surface area contributed by atoms with Crippen molar-refractivity contribution in [2.45, 2.75) is 4.90 Å². The number of anilines is 1. The number of nitrogens with one attached hydrogen (secondary N) is 1. The molecule has 0 aliphatic carbocycles. The molecule has 1 aliphatic rings. The van der Waals surface area contributed by atoms with Crippen LogP contribution in [0.25, 0.3) is 11.1 Å². The van der Waals surface area contributed by atoms with Crippen LogP contribution in [0.4, 0.5) is 5.69 Å².